The van der Waals surface area contributed by atoms with Crippen molar-refractivity contribution < 1.29 is 9.47 Å². The third kappa shape index (κ3) is 5.02. The summed E-state index contributed by atoms with van der Waals surface area (Å²) in [6.45, 7) is 1.55. The fraction of sp³-hybridized carbons (Fsp3) is 0.250. The summed E-state index contributed by atoms with van der Waals surface area (Å²) in [6.07, 6.45) is 0. The van der Waals surface area contributed by atoms with Gasteiger partial charge in [0, 0.05) is 23.1 Å². The lowest BCUT2D eigenvalue weighted by Gasteiger charge is -2.13. The fourth-order valence-electron chi connectivity index (χ4n) is 2.04. The van der Waals surface area contributed by atoms with Crippen molar-refractivity contribution >= 4 is 32.9 Å². The third-order valence-electron chi connectivity index (χ3n) is 3.04. The fourth-order valence-corrected chi connectivity index (χ4v) is 2.30. The molecule has 0 saturated carbocycles. The Hall–Kier alpha value is -1.04. The molecule has 0 aromatic heterocycles. The standard InChI is InChI=1S/C16H18BrNO2.BrH/c1-19-15-5-3-4-13(16(15)20-2)11-18-10-12-6-8-14(17)9-7-12;/h3-9,18H,10-11H2,1-2H3;1H. The van der Waals surface area contributed by atoms with Gasteiger partial charge in [-0.1, -0.05) is 40.2 Å². The number of hydrogen-bond donors (Lipinski definition) is 1. The van der Waals surface area contributed by atoms with Crippen molar-refractivity contribution in [1.82, 2.24) is 5.32 Å². The van der Waals surface area contributed by atoms with E-state index in [2.05, 4.69) is 33.4 Å². The maximum atomic E-state index is 5.41. The van der Waals surface area contributed by atoms with Crippen molar-refractivity contribution in [3.05, 3.63) is 58.1 Å². The van der Waals surface area contributed by atoms with Crippen molar-refractivity contribution in [1.29, 1.82) is 0 Å². The highest BCUT2D eigenvalue weighted by Crippen LogP contribution is 2.30. The van der Waals surface area contributed by atoms with E-state index in [-0.39, 0.29) is 17.0 Å². The van der Waals surface area contributed by atoms with E-state index in [0.717, 1.165) is 34.6 Å². The second kappa shape index (κ2) is 9.07. The van der Waals surface area contributed by atoms with E-state index in [1.165, 1.54) is 5.56 Å². The van der Waals surface area contributed by atoms with Crippen LogP contribution in [0, 0.1) is 0 Å². The first-order valence-electron chi connectivity index (χ1n) is 6.39. The molecule has 3 nitrogen and oxygen atoms in total. The average molecular weight is 417 g/mol. The first kappa shape index (κ1) is 18.0. The minimum atomic E-state index is 0. The average Bonchev–Trinajstić information content (AvgIpc) is 2.49. The summed E-state index contributed by atoms with van der Waals surface area (Å²) in [5.41, 5.74) is 2.33. The molecule has 2 aromatic rings. The Morgan fingerprint density at radius 1 is 0.952 bits per heavy atom. The van der Waals surface area contributed by atoms with E-state index in [4.69, 9.17) is 9.47 Å². The highest BCUT2D eigenvalue weighted by molar-refractivity contribution is 9.10. The predicted octanol–water partition coefficient (Wildman–Crippen LogP) is 4.33. The van der Waals surface area contributed by atoms with Crippen molar-refractivity contribution in [2.75, 3.05) is 14.2 Å². The molecule has 0 amide bonds. The summed E-state index contributed by atoms with van der Waals surface area (Å²) in [7, 11) is 3.31. The third-order valence-corrected chi connectivity index (χ3v) is 3.57. The molecule has 0 unspecified atom stereocenters. The van der Waals surface area contributed by atoms with Gasteiger partial charge in [-0.2, -0.15) is 0 Å². The Morgan fingerprint density at radius 2 is 1.67 bits per heavy atom. The Labute approximate surface area is 144 Å². The highest BCUT2D eigenvalue weighted by Gasteiger charge is 2.08. The molecule has 114 valence electrons. The quantitative estimate of drug-likeness (QED) is 0.759. The molecule has 0 fully saturated rings. The van der Waals surface area contributed by atoms with Crippen LogP contribution in [0.5, 0.6) is 11.5 Å². The molecule has 0 aliphatic carbocycles. The van der Waals surface area contributed by atoms with Gasteiger partial charge in [-0.05, 0) is 23.8 Å². The SMILES string of the molecule is Br.COc1cccc(CNCc2ccc(Br)cc2)c1OC. The van der Waals surface area contributed by atoms with Crippen LogP contribution in [0.1, 0.15) is 11.1 Å². The van der Waals surface area contributed by atoms with Gasteiger partial charge in [0.2, 0.25) is 0 Å². The van der Waals surface area contributed by atoms with Crippen LogP contribution in [0.3, 0.4) is 0 Å². The second-order valence-corrected chi connectivity index (χ2v) is 5.30. The molecule has 0 spiro atoms. The molecule has 0 heterocycles. The summed E-state index contributed by atoms with van der Waals surface area (Å²) in [6, 6.07) is 14.2. The lowest BCUT2D eigenvalue weighted by molar-refractivity contribution is 0.350. The topological polar surface area (TPSA) is 30.5 Å². The lowest BCUT2D eigenvalue weighted by Crippen LogP contribution is -2.13. The van der Waals surface area contributed by atoms with Gasteiger partial charge in [0.15, 0.2) is 11.5 Å². The van der Waals surface area contributed by atoms with Crippen LogP contribution in [0.15, 0.2) is 46.9 Å². The maximum absolute atomic E-state index is 5.41. The lowest BCUT2D eigenvalue weighted by atomic mass is 10.1. The molecular weight excluding hydrogens is 398 g/mol. The molecule has 0 bridgehead atoms. The molecule has 0 aliphatic heterocycles. The second-order valence-electron chi connectivity index (χ2n) is 4.38. The Kier molecular flexibility index (Phi) is 7.78. The van der Waals surface area contributed by atoms with Gasteiger partial charge < -0.3 is 14.8 Å². The summed E-state index contributed by atoms with van der Waals surface area (Å²) in [5, 5.41) is 3.41. The minimum absolute atomic E-state index is 0. The molecule has 0 atom stereocenters. The van der Waals surface area contributed by atoms with Crippen LogP contribution in [0.25, 0.3) is 0 Å². The van der Waals surface area contributed by atoms with E-state index < -0.39 is 0 Å². The van der Waals surface area contributed by atoms with Crippen LogP contribution >= 0.6 is 32.9 Å². The molecule has 0 aliphatic rings. The largest absolute Gasteiger partial charge is 0.493 e. The van der Waals surface area contributed by atoms with Crippen LogP contribution in [0.2, 0.25) is 0 Å². The van der Waals surface area contributed by atoms with Gasteiger partial charge in [-0.15, -0.1) is 17.0 Å². The summed E-state index contributed by atoms with van der Waals surface area (Å²) in [5.74, 6) is 1.55. The molecule has 2 rings (SSSR count). The van der Waals surface area contributed by atoms with E-state index >= 15 is 0 Å². The number of hydrogen-bond acceptors (Lipinski definition) is 3. The molecule has 2 aromatic carbocycles. The van der Waals surface area contributed by atoms with Crippen LogP contribution in [0.4, 0.5) is 0 Å². The van der Waals surface area contributed by atoms with Crippen molar-refractivity contribution in [2.45, 2.75) is 13.1 Å². The Bertz CT molecular complexity index is 559. The number of benzene rings is 2. The molecule has 1 N–H and O–H groups in total. The van der Waals surface area contributed by atoms with Crippen molar-refractivity contribution in [2.24, 2.45) is 0 Å². The van der Waals surface area contributed by atoms with Gasteiger partial charge in [0.1, 0.15) is 0 Å². The number of methoxy groups -OCH3 is 2. The summed E-state index contributed by atoms with van der Waals surface area (Å²) >= 11 is 3.43. The summed E-state index contributed by atoms with van der Waals surface area (Å²) in [4.78, 5) is 0. The number of rotatable bonds is 6. The number of nitrogens with one attached hydrogen (secondary N) is 1. The van der Waals surface area contributed by atoms with E-state index in [1.807, 2.05) is 30.3 Å². The van der Waals surface area contributed by atoms with Gasteiger partial charge in [0.25, 0.3) is 0 Å². The first-order valence-corrected chi connectivity index (χ1v) is 7.19. The van der Waals surface area contributed by atoms with E-state index in [1.54, 1.807) is 14.2 Å². The van der Waals surface area contributed by atoms with Crippen LogP contribution in [-0.2, 0) is 13.1 Å². The summed E-state index contributed by atoms with van der Waals surface area (Å²) < 4.78 is 11.8. The van der Waals surface area contributed by atoms with Gasteiger partial charge in [0.05, 0.1) is 14.2 Å². The van der Waals surface area contributed by atoms with Crippen molar-refractivity contribution in [3.8, 4) is 11.5 Å². The zero-order valence-corrected chi connectivity index (χ0v) is 15.4. The molecular formula is C16H19Br2NO2. The van der Waals surface area contributed by atoms with Crippen molar-refractivity contribution in [3.63, 3.8) is 0 Å². The smallest absolute Gasteiger partial charge is 0.165 e. The van der Waals surface area contributed by atoms with Gasteiger partial charge >= 0.3 is 0 Å². The number of ether oxygens (including phenoxy) is 2. The first-order chi connectivity index (χ1) is 9.74. The minimum Gasteiger partial charge on any atom is -0.493 e. The van der Waals surface area contributed by atoms with Crippen LogP contribution in [-0.4, -0.2) is 14.2 Å². The zero-order chi connectivity index (χ0) is 14.4. The Morgan fingerprint density at radius 3 is 2.29 bits per heavy atom. The molecule has 0 saturated heterocycles. The maximum Gasteiger partial charge on any atom is 0.165 e. The van der Waals surface area contributed by atoms with Gasteiger partial charge in [-0.3, -0.25) is 0 Å². The van der Waals surface area contributed by atoms with E-state index in [0.29, 0.717) is 0 Å². The predicted molar refractivity (Wildman–Crippen MR) is 94.6 cm³/mol. The number of para-hydroxylation sites is 1. The zero-order valence-electron chi connectivity index (χ0n) is 12.1. The molecule has 0 radical (unpaired) electrons. The van der Waals surface area contributed by atoms with E-state index in [9.17, 15) is 0 Å². The normalized spacial score (nSPS) is 9.86. The van der Waals surface area contributed by atoms with Crippen LogP contribution < -0.4 is 14.8 Å². The number of halogens is 2. The monoisotopic (exact) mass is 415 g/mol. The Balaban J connectivity index is 0.00000220. The highest BCUT2D eigenvalue weighted by atomic mass is 79.9. The molecule has 5 heteroatoms. The molecule has 21 heavy (non-hydrogen) atoms. The van der Waals surface area contributed by atoms with Gasteiger partial charge in [-0.25, -0.2) is 0 Å².